The highest BCUT2D eigenvalue weighted by Gasteiger charge is 2.40. The number of carbonyl (C=O) groups is 3. The van der Waals surface area contributed by atoms with Gasteiger partial charge in [0.1, 0.15) is 43.5 Å². The molecule has 2 aliphatic heterocycles. The van der Waals surface area contributed by atoms with E-state index < -0.39 is 24.0 Å². The first-order chi connectivity index (χ1) is 20.4. The van der Waals surface area contributed by atoms with Crippen molar-refractivity contribution in [2.75, 3.05) is 21.3 Å². The molecule has 43 heavy (non-hydrogen) atoms. The number of ether oxygens (including phenoxy) is 3. The molecule has 2 N–H and O–H groups in total. The first kappa shape index (κ1) is 33.9. The van der Waals surface area contributed by atoms with Crippen LogP contribution in [0.3, 0.4) is 0 Å². The molecule has 2 atom stereocenters. The third kappa shape index (κ3) is 6.98. The second-order valence-electron chi connectivity index (χ2n) is 9.37. The van der Waals surface area contributed by atoms with E-state index in [0.717, 1.165) is 12.0 Å². The summed E-state index contributed by atoms with van der Waals surface area (Å²) in [6.45, 7) is 1.98. The van der Waals surface area contributed by atoms with Crippen LogP contribution in [-0.2, 0) is 28.6 Å². The lowest BCUT2D eigenvalue weighted by Crippen LogP contribution is -2.45. The molecular weight excluding hydrogens is 633 g/mol. The second-order valence-corrected chi connectivity index (χ2v) is 10.9. The Morgan fingerprint density at radius 1 is 0.744 bits per heavy atom. The molecule has 0 spiro atoms. The molecule has 2 aromatic rings. The molecule has 0 radical (unpaired) electrons. The number of aromatic hydroxyl groups is 2. The van der Waals surface area contributed by atoms with Crippen LogP contribution < -0.4 is 0 Å². The predicted molar refractivity (Wildman–Crippen MR) is 174 cm³/mol. The van der Waals surface area contributed by atoms with Crippen molar-refractivity contribution < 1.29 is 38.8 Å². The van der Waals surface area contributed by atoms with Crippen molar-refractivity contribution in [1.82, 2.24) is 9.80 Å². The third-order valence-electron chi connectivity index (χ3n) is 6.81. The summed E-state index contributed by atoms with van der Waals surface area (Å²) in [5.74, 6) is -1.25. The SMILES string of the molecule is CCCC(C(=O)OC)N1C(=S)c2ccc(O)cc2C1=S.COC(=O)CCC(C(=O)OC)N1C(=S)c2cccc(O)c2C1=S. The second kappa shape index (κ2) is 14.7. The van der Waals surface area contributed by atoms with E-state index in [4.69, 9.17) is 58.3 Å². The number of hydrogen-bond acceptors (Lipinski definition) is 12. The molecule has 10 nitrogen and oxygen atoms in total. The van der Waals surface area contributed by atoms with E-state index in [-0.39, 0.29) is 35.3 Å². The van der Waals surface area contributed by atoms with E-state index in [1.54, 1.807) is 35.2 Å². The van der Waals surface area contributed by atoms with E-state index in [1.807, 2.05) is 6.92 Å². The van der Waals surface area contributed by atoms with Crippen molar-refractivity contribution >= 4 is 86.7 Å². The molecule has 0 amide bonds. The minimum Gasteiger partial charge on any atom is -0.508 e. The first-order valence-corrected chi connectivity index (χ1v) is 14.7. The van der Waals surface area contributed by atoms with Crippen LogP contribution >= 0.6 is 48.9 Å². The number of phenols is 2. The summed E-state index contributed by atoms with van der Waals surface area (Å²) in [6, 6.07) is 8.35. The number of methoxy groups -OCH3 is 3. The molecule has 0 aromatic heterocycles. The topological polar surface area (TPSA) is 126 Å². The fourth-order valence-corrected chi connectivity index (χ4v) is 6.43. The highest BCUT2D eigenvalue weighted by Crippen LogP contribution is 2.34. The number of thiocarbonyl (C=S) groups is 4. The summed E-state index contributed by atoms with van der Waals surface area (Å²) in [5, 5.41) is 19.6. The van der Waals surface area contributed by atoms with Crippen molar-refractivity contribution in [2.45, 2.75) is 44.7 Å². The van der Waals surface area contributed by atoms with Crippen LogP contribution in [0.5, 0.6) is 11.5 Å². The van der Waals surface area contributed by atoms with Crippen LogP contribution in [0.15, 0.2) is 36.4 Å². The Labute approximate surface area is 270 Å². The molecule has 0 saturated carbocycles. The van der Waals surface area contributed by atoms with E-state index in [9.17, 15) is 24.6 Å². The van der Waals surface area contributed by atoms with Gasteiger partial charge in [-0.05, 0) is 37.1 Å². The summed E-state index contributed by atoms with van der Waals surface area (Å²) >= 11 is 21.6. The fraction of sp³-hybridized carbons (Fsp3) is 0.345. The monoisotopic (exact) mass is 662 g/mol. The van der Waals surface area contributed by atoms with Gasteiger partial charge in [-0.1, -0.05) is 74.3 Å². The number of fused-ring (bicyclic) bond motifs is 2. The van der Waals surface area contributed by atoms with Crippen LogP contribution in [-0.4, -0.2) is 91.3 Å². The molecule has 4 rings (SSSR count). The number of esters is 3. The zero-order valence-corrected chi connectivity index (χ0v) is 27.1. The van der Waals surface area contributed by atoms with Crippen LogP contribution in [0.2, 0.25) is 0 Å². The number of carbonyl (C=O) groups excluding carboxylic acids is 3. The van der Waals surface area contributed by atoms with E-state index in [2.05, 4.69) is 4.74 Å². The molecule has 2 aromatic carbocycles. The average Bonchev–Trinajstić information content (AvgIpc) is 3.40. The van der Waals surface area contributed by atoms with Gasteiger partial charge in [-0.2, -0.15) is 0 Å². The minimum atomic E-state index is -0.856. The smallest absolute Gasteiger partial charge is 0.328 e. The lowest BCUT2D eigenvalue weighted by molar-refractivity contribution is -0.146. The summed E-state index contributed by atoms with van der Waals surface area (Å²) in [7, 11) is 3.88. The number of rotatable bonds is 9. The maximum absolute atomic E-state index is 12.1. The summed E-state index contributed by atoms with van der Waals surface area (Å²) < 4.78 is 14.2. The molecule has 0 fully saturated rings. The van der Waals surface area contributed by atoms with E-state index in [1.165, 1.54) is 32.3 Å². The van der Waals surface area contributed by atoms with Crippen molar-refractivity contribution in [3.63, 3.8) is 0 Å². The molecule has 14 heteroatoms. The lowest BCUT2D eigenvalue weighted by atomic mass is 10.1. The molecule has 0 saturated heterocycles. The Morgan fingerprint density at radius 2 is 1.30 bits per heavy atom. The molecular formula is C29H30N2O8S4. The zero-order chi connectivity index (χ0) is 32.0. The number of phenolic OH excluding ortho intramolecular Hbond substituents is 2. The molecule has 2 heterocycles. The Kier molecular flexibility index (Phi) is 11.6. The van der Waals surface area contributed by atoms with Gasteiger partial charge in [-0.25, -0.2) is 9.59 Å². The van der Waals surface area contributed by atoms with Crippen molar-refractivity contribution in [3.8, 4) is 11.5 Å². The van der Waals surface area contributed by atoms with Gasteiger partial charge in [0, 0.05) is 23.1 Å². The third-order valence-corrected chi connectivity index (χ3v) is 8.46. The highest BCUT2D eigenvalue weighted by atomic mass is 32.1. The van der Waals surface area contributed by atoms with Crippen LogP contribution in [0.25, 0.3) is 0 Å². The normalized spacial score (nSPS) is 14.8. The Balaban J connectivity index is 0.000000238. The molecule has 0 aliphatic carbocycles. The Bertz CT molecular complexity index is 1490. The zero-order valence-electron chi connectivity index (χ0n) is 23.8. The molecule has 2 unspecified atom stereocenters. The number of nitrogens with zero attached hydrogens (tertiary/aromatic N) is 2. The van der Waals surface area contributed by atoms with Gasteiger partial charge in [-0.3, -0.25) is 4.79 Å². The van der Waals surface area contributed by atoms with Crippen molar-refractivity contribution in [2.24, 2.45) is 0 Å². The maximum atomic E-state index is 12.1. The number of hydrogen-bond donors (Lipinski definition) is 2. The molecule has 228 valence electrons. The van der Waals surface area contributed by atoms with Crippen molar-refractivity contribution in [1.29, 1.82) is 0 Å². The largest absolute Gasteiger partial charge is 0.508 e. The van der Waals surface area contributed by atoms with Gasteiger partial charge in [-0.15, -0.1) is 0 Å². The van der Waals surface area contributed by atoms with Crippen molar-refractivity contribution in [3.05, 3.63) is 58.7 Å². The quantitative estimate of drug-likeness (QED) is 0.229. The summed E-state index contributed by atoms with van der Waals surface area (Å²) in [5.41, 5.74) is 2.46. The fourth-order valence-electron chi connectivity index (χ4n) is 4.71. The van der Waals surface area contributed by atoms with E-state index in [0.29, 0.717) is 38.1 Å². The van der Waals surface area contributed by atoms with Gasteiger partial charge < -0.3 is 34.2 Å². The number of benzene rings is 2. The van der Waals surface area contributed by atoms with Crippen LogP contribution in [0.4, 0.5) is 0 Å². The average molecular weight is 663 g/mol. The van der Waals surface area contributed by atoms with Crippen LogP contribution in [0.1, 0.15) is 54.9 Å². The standard InChI is InChI=1S/C15H15NO5S2.C14H15NO3S2/c1-20-11(18)7-6-9(15(19)21-2)16-13(22)8-4-3-5-10(17)12(8)14(16)23;1-3-4-11(14(17)18-2)15-12(19)9-6-5-8(16)7-10(9)13(15)20/h3-5,9,17H,6-7H2,1-2H3;5-7,11,16H,3-4H2,1-2H3. The Morgan fingerprint density at radius 3 is 1.86 bits per heavy atom. The lowest BCUT2D eigenvalue weighted by Gasteiger charge is -2.27. The minimum absolute atomic E-state index is 0.00562. The summed E-state index contributed by atoms with van der Waals surface area (Å²) in [4.78, 5) is 40.1. The molecule has 0 bridgehead atoms. The van der Waals surface area contributed by atoms with Gasteiger partial charge in [0.2, 0.25) is 0 Å². The predicted octanol–water partition coefficient (Wildman–Crippen LogP) is 3.95. The first-order valence-electron chi connectivity index (χ1n) is 13.1. The maximum Gasteiger partial charge on any atom is 0.328 e. The van der Waals surface area contributed by atoms with Gasteiger partial charge in [0.25, 0.3) is 0 Å². The summed E-state index contributed by atoms with van der Waals surface area (Å²) in [6.07, 6.45) is 1.56. The van der Waals surface area contributed by atoms with E-state index >= 15 is 0 Å². The Hall–Kier alpha value is -3.59. The molecule has 2 aliphatic rings. The van der Waals surface area contributed by atoms with Gasteiger partial charge in [0.05, 0.1) is 26.9 Å². The van der Waals surface area contributed by atoms with Gasteiger partial charge in [0.15, 0.2) is 0 Å². The van der Waals surface area contributed by atoms with Gasteiger partial charge >= 0.3 is 17.9 Å². The highest BCUT2D eigenvalue weighted by molar-refractivity contribution is 7.83. The van der Waals surface area contributed by atoms with Crippen LogP contribution in [0, 0.1) is 0 Å².